The van der Waals surface area contributed by atoms with Crippen molar-refractivity contribution in [3.63, 3.8) is 0 Å². The largest absolute Gasteiger partial charge is 0.494 e. The highest BCUT2D eigenvalue weighted by molar-refractivity contribution is 5.27. The number of benzene rings is 1. The van der Waals surface area contributed by atoms with E-state index < -0.39 is 0 Å². The number of hydrogen-bond acceptors (Lipinski definition) is 4. The van der Waals surface area contributed by atoms with Gasteiger partial charge < -0.3 is 10.1 Å². The second-order valence-electron chi connectivity index (χ2n) is 5.65. The van der Waals surface area contributed by atoms with Crippen molar-refractivity contribution in [3.8, 4) is 5.75 Å². The molecule has 21 heavy (non-hydrogen) atoms. The molecule has 0 saturated heterocycles. The molecule has 1 heterocycles. The molecule has 2 rings (SSSR count). The predicted octanol–water partition coefficient (Wildman–Crippen LogP) is 3.08. The Hall–Kier alpha value is -1.88. The third-order valence-electron chi connectivity index (χ3n) is 3.34. The molecule has 114 valence electrons. The van der Waals surface area contributed by atoms with Crippen LogP contribution in [0.3, 0.4) is 0 Å². The summed E-state index contributed by atoms with van der Waals surface area (Å²) in [6, 6.07) is 8.37. The quantitative estimate of drug-likeness (QED) is 0.783. The van der Waals surface area contributed by atoms with E-state index in [-0.39, 0.29) is 6.04 Å². The summed E-state index contributed by atoms with van der Waals surface area (Å²) < 4.78 is 5.71. The van der Waals surface area contributed by atoms with Crippen molar-refractivity contribution >= 4 is 0 Å². The zero-order valence-corrected chi connectivity index (χ0v) is 13.0. The fourth-order valence-corrected chi connectivity index (χ4v) is 1.91. The molecule has 1 atom stereocenters. The molecule has 5 nitrogen and oxygen atoms in total. The van der Waals surface area contributed by atoms with Crippen LogP contribution in [0.15, 0.2) is 30.6 Å². The molecular formula is C16H24N4O. The molecule has 5 heteroatoms. The van der Waals surface area contributed by atoms with Gasteiger partial charge in [-0.2, -0.15) is 5.10 Å². The molecule has 0 bridgehead atoms. The van der Waals surface area contributed by atoms with E-state index in [1.54, 1.807) is 0 Å². The Kier molecular flexibility index (Phi) is 5.75. The van der Waals surface area contributed by atoms with E-state index in [2.05, 4.69) is 53.4 Å². The van der Waals surface area contributed by atoms with Crippen LogP contribution < -0.4 is 10.1 Å². The van der Waals surface area contributed by atoms with Crippen LogP contribution >= 0.6 is 0 Å². The van der Waals surface area contributed by atoms with Gasteiger partial charge in [-0.3, -0.25) is 5.10 Å². The van der Waals surface area contributed by atoms with Crippen molar-refractivity contribution in [3.05, 3.63) is 42.0 Å². The molecule has 0 fully saturated rings. The van der Waals surface area contributed by atoms with Gasteiger partial charge in [0.1, 0.15) is 17.9 Å². The molecule has 2 aromatic rings. The van der Waals surface area contributed by atoms with Crippen LogP contribution in [0.5, 0.6) is 5.75 Å². The van der Waals surface area contributed by atoms with Crippen LogP contribution in [0.2, 0.25) is 0 Å². The SMILES string of the molecule is CC(C)CCOc1ccc(CNC(C)c2ncn[nH]2)cc1. The number of H-pyrrole nitrogens is 1. The summed E-state index contributed by atoms with van der Waals surface area (Å²) in [6.45, 7) is 8.03. The highest BCUT2D eigenvalue weighted by atomic mass is 16.5. The van der Waals surface area contributed by atoms with Crippen molar-refractivity contribution in [2.45, 2.75) is 39.8 Å². The molecule has 0 amide bonds. The Bertz CT molecular complexity index is 508. The molecule has 0 aliphatic carbocycles. The Labute approximate surface area is 126 Å². The van der Waals surface area contributed by atoms with E-state index in [9.17, 15) is 0 Å². The van der Waals surface area contributed by atoms with Gasteiger partial charge in [-0.05, 0) is 37.0 Å². The number of aromatic nitrogens is 3. The summed E-state index contributed by atoms with van der Waals surface area (Å²) in [7, 11) is 0. The van der Waals surface area contributed by atoms with Gasteiger partial charge in [-0.15, -0.1) is 0 Å². The first-order valence-corrected chi connectivity index (χ1v) is 7.45. The van der Waals surface area contributed by atoms with Gasteiger partial charge in [0, 0.05) is 6.54 Å². The van der Waals surface area contributed by atoms with Crippen LogP contribution in [0, 0.1) is 5.92 Å². The number of hydrogen-bond donors (Lipinski definition) is 2. The molecule has 0 aliphatic heterocycles. The van der Waals surface area contributed by atoms with Gasteiger partial charge in [0.15, 0.2) is 0 Å². The lowest BCUT2D eigenvalue weighted by Gasteiger charge is -2.12. The minimum absolute atomic E-state index is 0.148. The van der Waals surface area contributed by atoms with Crippen molar-refractivity contribution < 1.29 is 4.74 Å². The van der Waals surface area contributed by atoms with Crippen LogP contribution in [0.4, 0.5) is 0 Å². The van der Waals surface area contributed by atoms with Crippen molar-refractivity contribution in [2.24, 2.45) is 5.92 Å². The van der Waals surface area contributed by atoms with E-state index >= 15 is 0 Å². The second-order valence-corrected chi connectivity index (χ2v) is 5.65. The van der Waals surface area contributed by atoms with Gasteiger partial charge in [0.25, 0.3) is 0 Å². The van der Waals surface area contributed by atoms with Crippen molar-refractivity contribution in [1.29, 1.82) is 0 Å². The molecule has 1 unspecified atom stereocenters. The normalized spacial score (nSPS) is 12.6. The maximum atomic E-state index is 5.71. The fourth-order valence-electron chi connectivity index (χ4n) is 1.91. The summed E-state index contributed by atoms with van der Waals surface area (Å²) in [4.78, 5) is 4.14. The summed E-state index contributed by atoms with van der Waals surface area (Å²) in [5.74, 6) is 2.46. The minimum Gasteiger partial charge on any atom is -0.494 e. The lowest BCUT2D eigenvalue weighted by atomic mass is 10.1. The van der Waals surface area contributed by atoms with Crippen molar-refractivity contribution in [2.75, 3.05) is 6.61 Å². The third-order valence-corrected chi connectivity index (χ3v) is 3.34. The molecule has 1 aromatic carbocycles. The number of aromatic amines is 1. The average molecular weight is 288 g/mol. The van der Waals surface area contributed by atoms with Gasteiger partial charge in [-0.1, -0.05) is 26.0 Å². The van der Waals surface area contributed by atoms with E-state index in [1.165, 1.54) is 11.9 Å². The minimum atomic E-state index is 0.148. The topological polar surface area (TPSA) is 62.8 Å². The van der Waals surface area contributed by atoms with Crippen LogP contribution in [-0.4, -0.2) is 21.8 Å². The maximum absolute atomic E-state index is 5.71. The molecule has 0 aliphatic rings. The first kappa shape index (κ1) is 15.5. The van der Waals surface area contributed by atoms with E-state index in [0.717, 1.165) is 31.1 Å². The first-order valence-electron chi connectivity index (χ1n) is 7.45. The summed E-state index contributed by atoms with van der Waals surface area (Å²) >= 11 is 0. The Morgan fingerprint density at radius 3 is 2.57 bits per heavy atom. The van der Waals surface area contributed by atoms with Gasteiger partial charge in [0.05, 0.1) is 12.6 Å². The van der Waals surface area contributed by atoms with E-state index in [4.69, 9.17) is 4.74 Å². The summed E-state index contributed by atoms with van der Waals surface area (Å²) in [6.07, 6.45) is 2.61. The Morgan fingerprint density at radius 2 is 1.95 bits per heavy atom. The van der Waals surface area contributed by atoms with E-state index in [1.807, 2.05) is 12.1 Å². The molecular weight excluding hydrogens is 264 g/mol. The lowest BCUT2D eigenvalue weighted by Crippen LogP contribution is -2.19. The Balaban J connectivity index is 1.77. The number of nitrogens with one attached hydrogen (secondary N) is 2. The molecule has 2 N–H and O–H groups in total. The molecule has 0 saturated carbocycles. The lowest BCUT2D eigenvalue weighted by molar-refractivity contribution is 0.289. The van der Waals surface area contributed by atoms with E-state index in [0.29, 0.717) is 5.92 Å². The monoisotopic (exact) mass is 288 g/mol. The molecule has 0 radical (unpaired) electrons. The molecule has 1 aromatic heterocycles. The number of ether oxygens (including phenoxy) is 1. The average Bonchev–Trinajstić information content (AvgIpc) is 3.00. The first-order chi connectivity index (χ1) is 10.1. The highest BCUT2D eigenvalue weighted by Gasteiger charge is 2.07. The van der Waals surface area contributed by atoms with Gasteiger partial charge >= 0.3 is 0 Å². The zero-order valence-electron chi connectivity index (χ0n) is 13.0. The summed E-state index contributed by atoms with van der Waals surface area (Å²) in [5.41, 5.74) is 1.22. The maximum Gasteiger partial charge on any atom is 0.141 e. The number of rotatable bonds is 8. The highest BCUT2D eigenvalue weighted by Crippen LogP contribution is 2.14. The van der Waals surface area contributed by atoms with Crippen LogP contribution in [0.1, 0.15) is 44.6 Å². The van der Waals surface area contributed by atoms with Crippen LogP contribution in [0.25, 0.3) is 0 Å². The second kappa shape index (κ2) is 7.78. The van der Waals surface area contributed by atoms with Crippen LogP contribution in [-0.2, 0) is 6.54 Å². The standard InChI is InChI=1S/C16H24N4O/c1-12(2)8-9-21-15-6-4-14(5-7-15)10-17-13(3)16-18-11-19-20-16/h4-7,11-13,17H,8-10H2,1-3H3,(H,18,19,20). The summed E-state index contributed by atoms with van der Waals surface area (Å²) in [5, 5.41) is 10.1. The smallest absolute Gasteiger partial charge is 0.141 e. The van der Waals surface area contributed by atoms with Gasteiger partial charge in [0.2, 0.25) is 0 Å². The predicted molar refractivity (Wildman–Crippen MR) is 83.0 cm³/mol. The fraction of sp³-hybridized carbons (Fsp3) is 0.500. The Morgan fingerprint density at radius 1 is 1.19 bits per heavy atom. The zero-order chi connectivity index (χ0) is 15.1. The molecule has 0 spiro atoms. The van der Waals surface area contributed by atoms with Crippen molar-refractivity contribution in [1.82, 2.24) is 20.5 Å². The third kappa shape index (κ3) is 5.19. The van der Waals surface area contributed by atoms with Gasteiger partial charge in [-0.25, -0.2) is 4.98 Å². The number of nitrogens with zero attached hydrogens (tertiary/aromatic N) is 2.